The van der Waals surface area contributed by atoms with E-state index in [-0.39, 0.29) is 29.5 Å². The monoisotopic (exact) mass is 520 g/mol. The van der Waals surface area contributed by atoms with Gasteiger partial charge in [0.1, 0.15) is 12.7 Å². The van der Waals surface area contributed by atoms with Crippen LogP contribution in [0.1, 0.15) is 64.2 Å². The molecule has 2 amide bonds. The Balaban J connectivity index is 2.28. The van der Waals surface area contributed by atoms with Crippen molar-refractivity contribution < 1.29 is 43.3 Å². The molecule has 3 N–H and O–H groups in total. The summed E-state index contributed by atoms with van der Waals surface area (Å²) in [5.41, 5.74) is -0.215. The lowest BCUT2D eigenvalue weighted by Crippen LogP contribution is -2.46. The van der Waals surface area contributed by atoms with Crippen molar-refractivity contribution in [1.82, 2.24) is 5.32 Å². The van der Waals surface area contributed by atoms with Gasteiger partial charge in [0.25, 0.3) is 5.91 Å². The van der Waals surface area contributed by atoms with Gasteiger partial charge in [-0.2, -0.15) is 0 Å². The predicted octanol–water partition coefficient (Wildman–Crippen LogP) is 2.56. The number of hydrogen-bond donors (Lipinski definition) is 3. The smallest absolute Gasteiger partial charge is 0.332 e. The zero-order valence-electron chi connectivity index (χ0n) is 21.8. The van der Waals surface area contributed by atoms with E-state index < -0.39 is 60.3 Å². The van der Waals surface area contributed by atoms with Crippen LogP contribution in [0.25, 0.3) is 0 Å². The molecule has 1 aromatic rings. The van der Waals surface area contributed by atoms with E-state index in [0.29, 0.717) is 19.3 Å². The highest BCUT2D eigenvalue weighted by atomic mass is 16.6. The van der Waals surface area contributed by atoms with Crippen molar-refractivity contribution in [2.75, 3.05) is 11.9 Å². The first-order valence-corrected chi connectivity index (χ1v) is 12.3. The SMILES string of the molecule is CC(C)CCC1C(=O)OCC(NC(=O)c2cccc(NC=O)c2O)C(=O)OC(C)C1OC(=O)CC(C)C. The van der Waals surface area contributed by atoms with Crippen molar-refractivity contribution in [3.63, 3.8) is 0 Å². The second-order valence-electron chi connectivity index (χ2n) is 9.89. The molecule has 1 aliphatic heterocycles. The van der Waals surface area contributed by atoms with Gasteiger partial charge in [0.05, 0.1) is 17.2 Å². The van der Waals surface area contributed by atoms with Crippen LogP contribution in [0.15, 0.2) is 18.2 Å². The minimum Gasteiger partial charge on any atom is -0.505 e. The molecule has 0 spiro atoms. The maximum atomic E-state index is 13.1. The van der Waals surface area contributed by atoms with Gasteiger partial charge in [-0.05, 0) is 37.3 Å². The number of aromatic hydroxyl groups is 1. The van der Waals surface area contributed by atoms with E-state index in [1.165, 1.54) is 25.1 Å². The second kappa shape index (κ2) is 13.6. The van der Waals surface area contributed by atoms with E-state index >= 15 is 0 Å². The molecule has 0 saturated carbocycles. The minimum absolute atomic E-state index is 0.00112. The van der Waals surface area contributed by atoms with Gasteiger partial charge in [-0.3, -0.25) is 19.2 Å². The number of carbonyl (C=O) groups is 5. The summed E-state index contributed by atoms with van der Waals surface area (Å²) < 4.78 is 16.6. The van der Waals surface area contributed by atoms with Crippen molar-refractivity contribution in [1.29, 1.82) is 0 Å². The van der Waals surface area contributed by atoms with E-state index in [9.17, 15) is 29.1 Å². The number of rotatable bonds is 10. The highest BCUT2D eigenvalue weighted by molar-refractivity contribution is 6.01. The van der Waals surface area contributed by atoms with Crippen LogP contribution in [0.4, 0.5) is 5.69 Å². The summed E-state index contributed by atoms with van der Waals surface area (Å²) in [6, 6.07) is 2.72. The number of esters is 3. The van der Waals surface area contributed by atoms with Crippen LogP contribution in [-0.2, 0) is 33.4 Å². The van der Waals surface area contributed by atoms with Crippen LogP contribution in [0.2, 0.25) is 0 Å². The largest absolute Gasteiger partial charge is 0.505 e. The van der Waals surface area contributed by atoms with Crippen LogP contribution >= 0.6 is 0 Å². The minimum atomic E-state index is -1.39. The normalized spacial score (nSPS) is 22.2. The first-order valence-electron chi connectivity index (χ1n) is 12.3. The molecular formula is C26H36N2O9. The third-order valence-corrected chi connectivity index (χ3v) is 5.84. The van der Waals surface area contributed by atoms with Crippen LogP contribution in [0.3, 0.4) is 0 Å². The van der Waals surface area contributed by atoms with E-state index in [2.05, 4.69) is 10.6 Å². The van der Waals surface area contributed by atoms with Gasteiger partial charge in [0.2, 0.25) is 6.41 Å². The van der Waals surface area contributed by atoms with Gasteiger partial charge in [-0.15, -0.1) is 0 Å². The number of phenols is 1. The first kappa shape index (κ1) is 29.6. The summed E-state index contributed by atoms with van der Waals surface area (Å²) in [6.07, 6.45) is -0.607. The van der Waals surface area contributed by atoms with Crippen LogP contribution < -0.4 is 10.6 Å². The standard InChI is InChI=1S/C26H36N2O9/c1-14(2)9-10-18-23(37-21(30)11-15(3)4)16(5)36-26(34)20(12-35-25(18)33)28-24(32)17-7-6-8-19(22(17)31)27-13-29/h6-8,13-16,18,20,23,31H,9-12H2,1-5H3,(H,27,29)(H,28,32). The zero-order chi connectivity index (χ0) is 27.7. The molecule has 0 bridgehead atoms. The Kier molecular flexibility index (Phi) is 10.9. The number of carbonyl (C=O) groups excluding carboxylic acids is 5. The number of cyclic esters (lactones) is 2. The third kappa shape index (κ3) is 8.47. The summed E-state index contributed by atoms with van der Waals surface area (Å²) >= 11 is 0. The van der Waals surface area contributed by atoms with E-state index in [4.69, 9.17) is 14.2 Å². The molecule has 4 atom stereocenters. The molecule has 0 radical (unpaired) electrons. The molecule has 2 rings (SSSR count). The maximum absolute atomic E-state index is 13.1. The molecular weight excluding hydrogens is 484 g/mol. The van der Waals surface area contributed by atoms with Crippen molar-refractivity contribution in [3.05, 3.63) is 23.8 Å². The molecule has 1 aliphatic rings. The Morgan fingerprint density at radius 3 is 2.49 bits per heavy atom. The number of phenolic OH excluding ortho intramolecular Hbond substituents is 1. The van der Waals surface area contributed by atoms with Crippen LogP contribution in [0, 0.1) is 17.8 Å². The van der Waals surface area contributed by atoms with E-state index in [1.54, 1.807) is 0 Å². The molecule has 4 unspecified atom stereocenters. The van der Waals surface area contributed by atoms with Gasteiger partial charge >= 0.3 is 17.9 Å². The number of benzene rings is 1. The fourth-order valence-electron chi connectivity index (χ4n) is 3.88. The van der Waals surface area contributed by atoms with Crippen molar-refractivity contribution in [2.24, 2.45) is 17.8 Å². The molecule has 1 heterocycles. The molecule has 1 fully saturated rings. The number of anilines is 1. The number of amides is 2. The van der Waals surface area contributed by atoms with E-state index in [1.807, 2.05) is 27.7 Å². The lowest BCUT2D eigenvalue weighted by molar-refractivity contribution is -0.175. The Bertz CT molecular complexity index is 992. The van der Waals surface area contributed by atoms with Crippen molar-refractivity contribution >= 4 is 35.9 Å². The summed E-state index contributed by atoms with van der Waals surface area (Å²) in [4.78, 5) is 62.1. The summed E-state index contributed by atoms with van der Waals surface area (Å²) in [5.74, 6) is -4.03. The molecule has 204 valence electrons. The highest BCUT2D eigenvalue weighted by Gasteiger charge is 2.41. The van der Waals surface area contributed by atoms with Gasteiger partial charge in [-0.25, -0.2) is 4.79 Å². The van der Waals surface area contributed by atoms with Gasteiger partial charge in [0, 0.05) is 6.42 Å². The zero-order valence-corrected chi connectivity index (χ0v) is 21.8. The first-order chi connectivity index (χ1) is 17.4. The summed E-state index contributed by atoms with van der Waals surface area (Å²) in [7, 11) is 0. The van der Waals surface area contributed by atoms with Crippen LogP contribution in [0.5, 0.6) is 5.75 Å². The molecule has 0 aromatic heterocycles. The number of para-hydroxylation sites is 1. The number of nitrogens with one attached hydrogen (secondary N) is 2. The molecule has 1 aromatic carbocycles. The Hall–Kier alpha value is -3.63. The van der Waals surface area contributed by atoms with E-state index in [0.717, 1.165) is 0 Å². The lowest BCUT2D eigenvalue weighted by Gasteiger charge is -2.29. The molecule has 0 aliphatic carbocycles. The topological polar surface area (TPSA) is 157 Å². The quantitative estimate of drug-likeness (QED) is 0.182. The second-order valence-corrected chi connectivity index (χ2v) is 9.89. The average molecular weight is 521 g/mol. The Morgan fingerprint density at radius 1 is 1.16 bits per heavy atom. The molecule has 1 saturated heterocycles. The highest BCUT2D eigenvalue weighted by Crippen LogP contribution is 2.28. The predicted molar refractivity (Wildman–Crippen MR) is 132 cm³/mol. The molecule has 11 nitrogen and oxygen atoms in total. The van der Waals surface area contributed by atoms with Crippen molar-refractivity contribution in [3.8, 4) is 5.75 Å². The van der Waals surface area contributed by atoms with Crippen molar-refractivity contribution in [2.45, 2.75) is 72.1 Å². The van der Waals surface area contributed by atoms with Gasteiger partial charge in [-0.1, -0.05) is 40.2 Å². The Labute approximate surface area is 216 Å². The number of hydrogen-bond acceptors (Lipinski definition) is 9. The summed E-state index contributed by atoms with van der Waals surface area (Å²) in [6.45, 7) is 8.69. The van der Waals surface area contributed by atoms with Crippen LogP contribution in [-0.4, -0.2) is 60.2 Å². The fraction of sp³-hybridized carbons (Fsp3) is 0.577. The molecule has 11 heteroatoms. The third-order valence-electron chi connectivity index (χ3n) is 5.84. The Morgan fingerprint density at radius 2 is 1.86 bits per heavy atom. The lowest BCUT2D eigenvalue weighted by atomic mass is 9.90. The number of ether oxygens (including phenoxy) is 3. The average Bonchev–Trinajstić information content (AvgIpc) is 2.84. The molecule has 37 heavy (non-hydrogen) atoms. The fourth-order valence-corrected chi connectivity index (χ4v) is 3.88. The maximum Gasteiger partial charge on any atom is 0.332 e. The van der Waals surface area contributed by atoms with Gasteiger partial charge < -0.3 is 30.0 Å². The summed E-state index contributed by atoms with van der Waals surface area (Å²) in [5, 5.41) is 15.0. The van der Waals surface area contributed by atoms with Gasteiger partial charge in [0.15, 0.2) is 17.9 Å².